The molecule has 0 saturated carbocycles. The van der Waals surface area contributed by atoms with Crippen LogP contribution in [0.4, 0.5) is 5.69 Å². The maximum absolute atomic E-state index is 12.7. The standard InChI is InChI=1S/C21H25N3O6S2/c22-31(26,27)19-8-9-20-16(14-19)10-13-24(20)21(25)15-30-17-4-6-18(7-5-17)32(28,29)23-11-2-1-3-12-23/h4-9,14H,1-3,10-13,15H2,(H2,22,26,27). The van der Waals surface area contributed by atoms with Gasteiger partial charge in [0.2, 0.25) is 20.0 Å². The summed E-state index contributed by atoms with van der Waals surface area (Å²) in [5.74, 6) is 0.108. The summed E-state index contributed by atoms with van der Waals surface area (Å²) >= 11 is 0. The first-order valence-electron chi connectivity index (χ1n) is 10.4. The monoisotopic (exact) mass is 479 g/mol. The summed E-state index contributed by atoms with van der Waals surface area (Å²) in [7, 11) is -7.32. The minimum absolute atomic E-state index is 0.0152. The fourth-order valence-electron chi connectivity index (χ4n) is 4.00. The van der Waals surface area contributed by atoms with Crippen LogP contribution in [0.3, 0.4) is 0 Å². The Labute approximate surface area is 187 Å². The number of nitrogens with two attached hydrogens (primary N) is 1. The molecule has 9 nitrogen and oxygen atoms in total. The zero-order valence-electron chi connectivity index (χ0n) is 17.4. The molecule has 2 aliphatic rings. The lowest BCUT2D eigenvalue weighted by atomic mass is 10.2. The van der Waals surface area contributed by atoms with Crippen LogP contribution >= 0.6 is 0 Å². The van der Waals surface area contributed by atoms with Gasteiger partial charge in [-0.15, -0.1) is 0 Å². The van der Waals surface area contributed by atoms with Crippen molar-refractivity contribution < 1.29 is 26.4 Å². The Bertz CT molecular complexity index is 1220. The first-order chi connectivity index (χ1) is 15.2. The van der Waals surface area contributed by atoms with E-state index in [2.05, 4.69) is 0 Å². The van der Waals surface area contributed by atoms with E-state index >= 15 is 0 Å². The number of anilines is 1. The SMILES string of the molecule is NS(=O)(=O)c1ccc2c(c1)CCN2C(=O)COc1ccc(S(=O)(=O)N2CCCCC2)cc1. The van der Waals surface area contributed by atoms with Crippen LogP contribution < -0.4 is 14.8 Å². The van der Waals surface area contributed by atoms with Crippen LogP contribution in [0.5, 0.6) is 5.75 Å². The molecule has 172 valence electrons. The number of rotatable bonds is 6. The quantitative estimate of drug-likeness (QED) is 0.669. The predicted molar refractivity (Wildman–Crippen MR) is 118 cm³/mol. The van der Waals surface area contributed by atoms with Gasteiger partial charge < -0.3 is 9.64 Å². The van der Waals surface area contributed by atoms with Crippen LogP contribution in [-0.2, 0) is 31.3 Å². The minimum Gasteiger partial charge on any atom is -0.484 e. The van der Waals surface area contributed by atoms with E-state index in [1.54, 1.807) is 18.2 Å². The Morgan fingerprint density at radius 2 is 1.56 bits per heavy atom. The molecule has 2 heterocycles. The summed E-state index contributed by atoms with van der Waals surface area (Å²) in [5, 5.41) is 5.17. The summed E-state index contributed by atoms with van der Waals surface area (Å²) in [5.41, 5.74) is 1.37. The van der Waals surface area contributed by atoms with Crippen molar-refractivity contribution in [3.63, 3.8) is 0 Å². The van der Waals surface area contributed by atoms with Crippen LogP contribution in [0.1, 0.15) is 24.8 Å². The fourth-order valence-corrected chi connectivity index (χ4v) is 6.08. The van der Waals surface area contributed by atoms with E-state index in [4.69, 9.17) is 9.88 Å². The maximum atomic E-state index is 12.7. The highest BCUT2D eigenvalue weighted by Crippen LogP contribution is 2.30. The zero-order valence-corrected chi connectivity index (χ0v) is 19.1. The first-order valence-corrected chi connectivity index (χ1v) is 13.3. The Morgan fingerprint density at radius 3 is 2.22 bits per heavy atom. The van der Waals surface area contributed by atoms with Gasteiger partial charge in [0.15, 0.2) is 6.61 Å². The van der Waals surface area contributed by atoms with Crippen molar-refractivity contribution in [2.75, 3.05) is 31.1 Å². The van der Waals surface area contributed by atoms with Crippen LogP contribution in [-0.4, -0.2) is 53.3 Å². The molecule has 2 aromatic rings. The Balaban J connectivity index is 1.39. The molecular weight excluding hydrogens is 454 g/mol. The summed E-state index contributed by atoms with van der Waals surface area (Å²) in [6.45, 7) is 1.25. The third kappa shape index (κ3) is 4.65. The van der Waals surface area contributed by atoms with E-state index in [-0.39, 0.29) is 22.3 Å². The molecule has 1 saturated heterocycles. The van der Waals surface area contributed by atoms with Gasteiger partial charge in [0, 0.05) is 25.3 Å². The summed E-state index contributed by atoms with van der Waals surface area (Å²) in [6, 6.07) is 10.5. The molecule has 1 fully saturated rings. The number of piperidine rings is 1. The molecule has 1 amide bonds. The van der Waals surface area contributed by atoms with E-state index in [1.807, 2.05) is 0 Å². The largest absolute Gasteiger partial charge is 0.484 e. The number of ether oxygens (including phenoxy) is 1. The molecule has 11 heteroatoms. The van der Waals surface area contributed by atoms with E-state index in [1.165, 1.54) is 33.5 Å². The molecule has 2 aliphatic heterocycles. The van der Waals surface area contributed by atoms with Crippen molar-refractivity contribution in [3.8, 4) is 5.75 Å². The zero-order chi connectivity index (χ0) is 22.9. The molecule has 0 bridgehead atoms. The second-order valence-corrected chi connectivity index (χ2v) is 11.4. The van der Waals surface area contributed by atoms with Crippen LogP contribution in [0.25, 0.3) is 0 Å². The second-order valence-electron chi connectivity index (χ2n) is 7.86. The van der Waals surface area contributed by atoms with Gasteiger partial charge >= 0.3 is 0 Å². The van der Waals surface area contributed by atoms with Crippen LogP contribution in [0.2, 0.25) is 0 Å². The van der Waals surface area contributed by atoms with Crippen molar-refractivity contribution in [1.82, 2.24) is 4.31 Å². The average molecular weight is 480 g/mol. The number of hydrogen-bond donors (Lipinski definition) is 1. The van der Waals surface area contributed by atoms with Gasteiger partial charge in [-0.2, -0.15) is 4.31 Å². The third-order valence-corrected chi connectivity index (χ3v) is 8.54. The van der Waals surface area contributed by atoms with Crippen molar-refractivity contribution in [2.24, 2.45) is 5.14 Å². The average Bonchev–Trinajstić information content (AvgIpc) is 3.21. The van der Waals surface area contributed by atoms with Crippen LogP contribution in [0.15, 0.2) is 52.3 Å². The summed E-state index contributed by atoms with van der Waals surface area (Å²) < 4.78 is 55.6. The lowest BCUT2D eigenvalue weighted by Crippen LogP contribution is -2.35. The lowest BCUT2D eigenvalue weighted by molar-refractivity contribution is -0.120. The van der Waals surface area contributed by atoms with Gasteiger partial charge in [-0.1, -0.05) is 6.42 Å². The van der Waals surface area contributed by atoms with Crippen LogP contribution in [0, 0.1) is 0 Å². The number of benzene rings is 2. The number of hydrogen-bond acceptors (Lipinski definition) is 6. The maximum Gasteiger partial charge on any atom is 0.264 e. The van der Waals surface area contributed by atoms with Crippen molar-refractivity contribution in [1.29, 1.82) is 0 Å². The number of sulfonamides is 2. The molecule has 0 unspecified atom stereocenters. The van der Waals surface area contributed by atoms with E-state index in [9.17, 15) is 21.6 Å². The van der Waals surface area contributed by atoms with Gasteiger partial charge in [0.05, 0.1) is 9.79 Å². The van der Waals surface area contributed by atoms with Gasteiger partial charge in [-0.05, 0) is 67.3 Å². The van der Waals surface area contributed by atoms with Crippen molar-refractivity contribution >= 4 is 31.6 Å². The molecule has 2 aromatic carbocycles. The molecule has 0 spiro atoms. The first kappa shape index (κ1) is 22.7. The number of carbonyl (C=O) groups excluding carboxylic acids is 1. The summed E-state index contributed by atoms with van der Waals surface area (Å²) in [6.07, 6.45) is 3.30. The molecule has 0 aromatic heterocycles. The van der Waals surface area contributed by atoms with Gasteiger partial charge in [-0.3, -0.25) is 4.79 Å². The topological polar surface area (TPSA) is 127 Å². The molecule has 2 N–H and O–H groups in total. The molecule has 4 rings (SSSR count). The molecule has 0 atom stereocenters. The molecule has 0 radical (unpaired) electrons. The molecule has 32 heavy (non-hydrogen) atoms. The highest BCUT2D eigenvalue weighted by molar-refractivity contribution is 7.89. The Hall–Kier alpha value is -2.47. The van der Waals surface area contributed by atoms with Crippen molar-refractivity contribution in [3.05, 3.63) is 48.0 Å². The number of nitrogens with zero attached hydrogens (tertiary/aromatic N) is 2. The Kier molecular flexibility index (Phi) is 6.26. The Morgan fingerprint density at radius 1 is 0.906 bits per heavy atom. The fraction of sp³-hybridized carbons (Fsp3) is 0.381. The van der Waals surface area contributed by atoms with E-state index < -0.39 is 20.0 Å². The highest BCUT2D eigenvalue weighted by atomic mass is 32.2. The third-order valence-electron chi connectivity index (χ3n) is 5.71. The smallest absolute Gasteiger partial charge is 0.264 e. The minimum atomic E-state index is -3.80. The normalized spacial score (nSPS) is 17.2. The van der Waals surface area contributed by atoms with E-state index in [0.29, 0.717) is 37.5 Å². The van der Waals surface area contributed by atoms with Gasteiger partial charge in [0.1, 0.15) is 5.75 Å². The van der Waals surface area contributed by atoms with Gasteiger partial charge in [0.25, 0.3) is 5.91 Å². The van der Waals surface area contributed by atoms with E-state index in [0.717, 1.165) is 24.8 Å². The predicted octanol–water partition coefficient (Wildman–Crippen LogP) is 1.48. The molecule has 0 aliphatic carbocycles. The number of carbonyl (C=O) groups is 1. The second kappa shape index (κ2) is 8.81. The number of primary sulfonamides is 1. The molecular formula is C21H25N3O6S2. The number of fused-ring (bicyclic) bond motifs is 1. The highest BCUT2D eigenvalue weighted by Gasteiger charge is 2.27. The van der Waals surface area contributed by atoms with Gasteiger partial charge in [-0.25, -0.2) is 22.0 Å². The number of amides is 1. The lowest BCUT2D eigenvalue weighted by Gasteiger charge is -2.25. The van der Waals surface area contributed by atoms with Crippen molar-refractivity contribution in [2.45, 2.75) is 35.5 Å². The summed E-state index contributed by atoms with van der Waals surface area (Å²) in [4.78, 5) is 14.4.